The van der Waals surface area contributed by atoms with Gasteiger partial charge in [-0.3, -0.25) is 4.79 Å². The molecule has 1 amide bonds. The van der Waals surface area contributed by atoms with Crippen LogP contribution in [-0.2, 0) is 4.74 Å². The Kier molecular flexibility index (Phi) is 4.65. The highest BCUT2D eigenvalue weighted by molar-refractivity contribution is 9.10. The Morgan fingerprint density at radius 3 is 3.11 bits per heavy atom. The molecule has 0 spiro atoms. The molecular formula is C13H15BrClNO2. The summed E-state index contributed by atoms with van der Waals surface area (Å²) in [6, 6.07) is 5.40. The van der Waals surface area contributed by atoms with Gasteiger partial charge in [0, 0.05) is 24.2 Å². The van der Waals surface area contributed by atoms with Gasteiger partial charge in [0.1, 0.15) is 0 Å². The van der Waals surface area contributed by atoms with E-state index in [4.69, 9.17) is 16.3 Å². The summed E-state index contributed by atoms with van der Waals surface area (Å²) in [6.45, 7) is 4.01. The summed E-state index contributed by atoms with van der Waals surface area (Å²) in [6.07, 6.45) is 0.934. The molecule has 0 N–H and O–H groups in total. The average Bonchev–Trinajstić information content (AvgIpc) is 2.56. The van der Waals surface area contributed by atoms with Crippen molar-refractivity contribution in [1.29, 1.82) is 0 Å². The Morgan fingerprint density at radius 2 is 2.33 bits per heavy atom. The van der Waals surface area contributed by atoms with Crippen molar-refractivity contribution >= 4 is 33.4 Å². The molecule has 0 aromatic heterocycles. The Labute approximate surface area is 120 Å². The van der Waals surface area contributed by atoms with Crippen molar-refractivity contribution in [3.05, 3.63) is 33.3 Å². The lowest BCUT2D eigenvalue weighted by Crippen LogP contribution is -2.36. The van der Waals surface area contributed by atoms with Gasteiger partial charge in [0.05, 0.1) is 16.7 Å². The molecule has 2 rings (SSSR count). The second-order valence-corrected chi connectivity index (χ2v) is 5.62. The van der Waals surface area contributed by atoms with E-state index in [0.29, 0.717) is 30.3 Å². The Balaban J connectivity index is 2.22. The largest absolute Gasteiger partial charge is 0.377 e. The Bertz CT molecular complexity index is 453. The number of amides is 1. The van der Waals surface area contributed by atoms with Gasteiger partial charge in [-0.05, 0) is 41.4 Å². The molecular weight excluding hydrogens is 318 g/mol. The number of carbonyl (C=O) groups is 1. The molecule has 1 saturated heterocycles. The predicted molar refractivity (Wildman–Crippen MR) is 75.1 cm³/mol. The van der Waals surface area contributed by atoms with E-state index in [1.807, 2.05) is 24.0 Å². The third-order valence-corrected chi connectivity index (χ3v) is 4.22. The lowest BCUT2D eigenvalue weighted by atomic mass is 10.2. The van der Waals surface area contributed by atoms with Crippen LogP contribution in [0.15, 0.2) is 22.7 Å². The first-order valence-electron chi connectivity index (χ1n) is 5.94. The first kappa shape index (κ1) is 13.8. The van der Waals surface area contributed by atoms with E-state index in [1.165, 1.54) is 0 Å². The first-order chi connectivity index (χ1) is 8.59. The number of ether oxygens (including phenoxy) is 1. The van der Waals surface area contributed by atoms with Crippen molar-refractivity contribution in [3.8, 4) is 0 Å². The molecule has 1 heterocycles. The highest BCUT2D eigenvalue weighted by Gasteiger charge is 2.23. The first-order valence-corrected chi connectivity index (χ1v) is 7.11. The van der Waals surface area contributed by atoms with E-state index in [0.717, 1.165) is 10.9 Å². The van der Waals surface area contributed by atoms with Crippen LogP contribution < -0.4 is 0 Å². The zero-order chi connectivity index (χ0) is 13.1. The van der Waals surface area contributed by atoms with Gasteiger partial charge in [0.25, 0.3) is 5.91 Å². The van der Waals surface area contributed by atoms with Crippen LogP contribution in [0.5, 0.6) is 0 Å². The van der Waals surface area contributed by atoms with Crippen LogP contribution in [0.2, 0.25) is 5.02 Å². The smallest absolute Gasteiger partial charge is 0.255 e. The van der Waals surface area contributed by atoms with Crippen molar-refractivity contribution in [2.24, 2.45) is 0 Å². The van der Waals surface area contributed by atoms with Crippen molar-refractivity contribution in [2.75, 3.05) is 19.7 Å². The summed E-state index contributed by atoms with van der Waals surface area (Å²) >= 11 is 9.50. The quantitative estimate of drug-likeness (QED) is 0.789. The zero-order valence-corrected chi connectivity index (χ0v) is 12.5. The van der Waals surface area contributed by atoms with Crippen LogP contribution >= 0.6 is 27.5 Å². The third kappa shape index (κ3) is 3.05. The molecule has 1 fully saturated rings. The minimum atomic E-state index is -0.0290. The maximum absolute atomic E-state index is 12.4. The van der Waals surface area contributed by atoms with Crippen LogP contribution in [-0.4, -0.2) is 36.6 Å². The van der Waals surface area contributed by atoms with E-state index in [9.17, 15) is 4.79 Å². The van der Waals surface area contributed by atoms with Crippen LogP contribution in [0.4, 0.5) is 0 Å². The van der Waals surface area contributed by atoms with Gasteiger partial charge in [-0.25, -0.2) is 0 Å². The number of benzene rings is 1. The summed E-state index contributed by atoms with van der Waals surface area (Å²) in [4.78, 5) is 14.2. The fraction of sp³-hybridized carbons (Fsp3) is 0.462. The number of halogens is 2. The molecule has 5 heteroatoms. The van der Waals surface area contributed by atoms with Crippen molar-refractivity contribution < 1.29 is 9.53 Å². The second-order valence-electron chi connectivity index (χ2n) is 4.39. The van der Waals surface area contributed by atoms with Crippen molar-refractivity contribution in [1.82, 2.24) is 4.90 Å². The molecule has 1 aliphatic rings. The molecule has 1 atom stereocenters. The zero-order valence-electron chi connectivity index (χ0n) is 10.2. The molecule has 3 nitrogen and oxygen atoms in total. The molecule has 98 valence electrons. The SMILES string of the molecule is CC1CN(C(=O)c2cccc(Br)c2Cl)CCCO1. The summed E-state index contributed by atoms with van der Waals surface area (Å²) in [5, 5.41) is 0.473. The van der Waals surface area contributed by atoms with Crippen LogP contribution in [0, 0.1) is 0 Å². The lowest BCUT2D eigenvalue weighted by Gasteiger charge is -2.22. The van der Waals surface area contributed by atoms with E-state index in [-0.39, 0.29) is 12.0 Å². The minimum absolute atomic E-state index is 0.0290. The molecule has 0 bridgehead atoms. The Hall–Kier alpha value is -0.580. The molecule has 0 radical (unpaired) electrons. The highest BCUT2D eigenvalue weighted by Crippen LogP contribution is 2.27. The highest BCUT2D eigenvalue weighted by atomic mass is 79.9. The van der Waals surface area contributed by atoms with Gasteiger partial charge < -0.3 is 9.64 Å². The van der Waals surface area contributed by atoms with Crippen LogP contribution in [0.1, 0.15) is 23.7 Å². The standard InChI is InChI=1S/C13H15BrClNO2/c1-9-8-16(6-3-7-18-9)13(17)10-4-2-5-11(14)12(10)15/h2,4-5,9H,3,6-8H2,1H3. The predicted octanol–water partition coefficient (Wildman–Crippen LogP) is 3.35. The van der Waals surface area contributed by atoms with E-state index >= 15 is 0 Å². The van der Waals surface area contributed by atoms with Gasteiger partial charge in [-0.1, -0.05) is 17.7 Å². The van der Waals surface area contributed by atoms with Gasteiger partial charge in [0.15, 0.2) is 0 Å². The van der Waals surface area contributed by atoms with E-state index in [1.54, 1.807) is 6.07 Å². The van der Waals surface area contributed by atoms with Gasteiger partial charge >= 0.3 is 0 Å². The normalized spacial score (nSPS) is 20.6. The van der Waals surface area contributed by atoms with E-state index in [2.05, 4.69) is 15.9 Å². The molecule has 1 aromatic carbocycles. The van der Waals surface area contributed by atoms with Crippen LogP contribution in [0.3, 0.4) is 0 Å². The molecule has 0 saturated carbocycles. The van der Waals surface area contributed by atoms with Gasteiger partial charge in [0.2, 0.25) is 0 Å². The fourth-order valence-electron chi connectivity index (χ4n) is 2.02. The summed E-state index contributed by atoms with van der Waals surface area (Å²) in [5.74, 6) is -0.0290. The van der Waals surface area contributed by atoms with Crippen molar-refractivity contribution in [2.45, 2.75) is 19.4 Å². The monoisotopic (exact) mass is 331 g/mol. The molecule has 1 aliphatic heterocycles. The summed E-state index contributed by atoms with van der Waals surface area (Å²) in [5.41, 5.74) is 0.542. The Morgan fingerprint density at radius 1 is 1.56 bits per heavy atom. The third-order valence-electron chi connectivity index (χ3n) is 2.92. The number of nitrogens with zero attached hydrogens (tertiary/aromatic N) is 1. The second kappa shape index (κ2) is 6.04. The van der Waals surface area contributed by atoms with E-state index < -0.39 is 0 Å². The molecule has 0 aliphatic carbocycles. The number of hydrogen-bond acceptors (Lipinski definition) is 2. The number of carbonyl (C=O) groups excluding carboxylic acids is 1. The molecule has 1 aromatic rings. The van der Waals surface area contributed by atoms with Gasteiger partial charge in [-0.2, -0.15) is 0 Å². The maximum atomic E-state index is 12.4. The molecule has 18 heavy (non-hydrogen) atoms. The summed E-state index contributed by atoms with van der Waals surface area (Å²) < 4.78 is 6.28. The fourth-order valence-corrected chi connectivity index (χ4v) is 2.59. The summed E-state index contributed by atoms with van der Waals surface area (Å²) in [7, 11) is 0. The minimum Gasteiger partial charge on any atom is -0.377 e. The average molecular weight is 333 g/mol. The number of hydrogen-bond donors (Lipinski definition) is 0. The molecule has 1 unspecified atom stereocenters. The maximum Gasteiger partial charge on any atom is 0.255 e. The number of rotatable bonds is 1. The topological polar surface area (TPSA) is 29.5 Å². The van der Waals surface area contributed by atoms with Crippen LogP contribution in [0.25, 0.3) is 0 Å². The van der Waals surface area contributed by atoms with Crippen molar-refractivity contribution in [3.63, 3.8) is 0 Å². The van der Waals surface area contributed by atoms with Gasteiger partial charge in [-0.15, -0.1) is 0 Å². The lowest BCUT2D eigenvalue weighted by molar-refractivity contribution is 0.0563.